The number of hydrogen-bond acceptors (Lipinski definition) is 7. The Bertz CT molecular complexity index is 512. The third kappa shape index (κ3) is 12.2. The number of nitrogens with one attached hydrogen (secondary N) is 1. The Morgan fingerprint density at radius 3 is 2.44 bits per heavy atom. The first kappa shape index (κ1) is 27.0. The Hall–Kier alpha value is -0.0200. The summed E-state index contributed by atoms with van der Waals surface area (Å²) in [6, 6.07) is -0.871. The van der Waals surface area contributed by atoms with Crippen LogP contribution in [0.25, 0.3) is 0 Å². The van der Waals surface area contributed by atoms with Crippen LogP contribution in [-0.2, 0) is 19.2 Å². The van der Waals surface area contributed by atoms with Gasteiger partial charge < -0.3 is 15.2 Å². The van der Waals surface area contributed by atoms with E-state index in [1.807, 2.05) is 21.6 Å². The molecule has 0 saturated carbocycles. The molecule has 0 spiro atoms. The van der Waals surface area contributed by atoms with Crippen LogP contribution < -0.4 is 40.0 Å². The van der Waals surface area contributed by atoms with Crippen molar-refractivity contribution in [3.63, 3.8) is 0 Å². The molecule has 1 heterocycles. The van der Waals surface area contributed by atoms with Crippen molar-refractivity contribution >= 4 is 45.0 Å². The number of unbranched alkanes of at least 4 members (excludes halogenated alkanes) is 1. The average molecular weight is 426 g/mol. The smallest absolute Gasteiger partial charge is 0.550 e. The molecule has 27 heavy (non-hydrogen) atoms. The maximum absolute atomic E-state index is 12.3. The first-order valence-corrected chi connectivity index (χ1v) is 11.5. The zero-order valence-corrected chi connectivity index (χ0v) is 20.1. The molecule has 0 bridgehead atoms. The minimum atomic E-state index is -1.26. The topological polar surface area (TPSA) is 103 Å². The molecule has 148 valence electrons. The van der Waals surface area contributed by atoms with Crippen LogP contribution in [-0.4, -0.2) is 40.5 Å². The summed E-state index contributed by atoms with van der Waals surface area (Å²) < 4.78 is 0. The molecule has 1 rings (SSSR count). The Balaban J connectivity index is 0.00000676. The van der Waals surface area contributed by atoms with Gasteiger partial charge in [0.05, 0.1) is 6.04 Å². The molecule has 0 unspecified atom stereocenters. The Morgan fingerprint density at radius 2 is 1.89 bits per heavy atom. The summed E-state index contributed by atoms with van der Waals surface area (Å²) in [5.74, 6) is -1.16. The third-order valence-corrected chi connectivity index (χ3v) is 7.48. The first-order valence-electron chi connectivity index (χ1n) is 9.10. The summed E-state index contributed by atoms with van der Waals surface area (Å²) in [5, 5.41) is 14.0. The van der Waals surface area contributed by atoms with Crippen LogP contribution in [0.4, 0.5) is 0 Å². The molecule has 9 heteroatoms. The molecule has 3 atom stereocenters. The summed E-state index contributed by atoms with van der Waals surface area (Å²) in [5.41, 5.74) is 0. The molecule has 1 aliphatic heterocycles. The van der Waals surface area contributed by atoms with E-state index in [4.69, 9.17) is 0 Å². The van der Waals surface area contributed by atoms with Gasteiger partial charge in [-0.3, -0.25) is 14.4 Å². The number of carbonyl (C=O) groups excluding carboxylic acids is 4. The number of carboxylic acids is 1. The van der Waals surface area contributed by atoms with Crippen molar-refractivity contribution in [3.05, 3.63) is 0 Å². The van der Waals surface area contributed by atoms with Crippen molar-refractivity contribution in [2.45, 2.75) is 76.5 Å². The average Bonchev–Trinajstić information content (AvgIpc) is 3.08. The first-order chi connectivity index (χ1) is 12.3. The van der Waals surface area contributed by atoms with Crippen LogP contribution in [0.3, 0.4) is 0 Å². The Kier molecular flexibility index (Phi) is 14.9. The largest absolute Gasteiger partial charge is 1.00 e. The number of aliphatic carboxylic acids is 1. The normalized spacial score (nSPS) is 18.2. The molecule has 6 nitrogen and oxygen atoms in total. The number of hydrogen-bond donors (Lipinski definition) is 1. The minimum Gasteiger partial charge on any atom is -0.550 e. The van der Waals surface area contributed by atoms with E-state index < -0.39 is 17.9 Å². The zero-order chi connectivity index (χ0) is 19.5. The van der Waals surface area contributed by atoms with E-state index in [1.54, 1.807) is 6.92 Å². The van der Waals surface area contributed by atoms with Crippen LogP contribution in [0.5, 0.6) is 0 Å². The van der Waals surface area contributed by atoms with E-state index in [0.29, 0.717) is 11.7 Å². The molecule has 1 fully saturated rings. The van der Waals surface area contributed by atoms with E-state index in [2.05, 4.69) is 5.32 Å². The molecular formula is C18H28NNaO5S2. The van der Waals surface area contributed by atoms with Crippen LogP contribution >= 0.6 is 21.6 Å². The van der Waals surface area contributed by atoms with E-state index in [-0.39, 0.29) is 66.3 Å². The predicted octanol–water partition coefficient (Wildman–Crippen LogP) is -1.10. The second kappa shape index (κ2) is 14.9. The summed E-state index contributed by atoms with van der Waals surface area (Å²) in [6.45, 7) is 3.06. The van der Waals surface area contributed by atoms with Crippen LogP contribution in [0.2, 0.25) is 0 Å². The fourth-order valence-corrected chi connectivity index (χ4v) is 5.68. The van der Waals surface area contributed by atoms with E-state index in [1.165, 1.54) is 19.1 Å². The van der Waals surface area contributed by atoms with Crippen LogP contribution in [0.15, 0.2) is 0 Å². The Morgan fingerprint density at radius 1 is 1.19 bits per heavy atom. The van der Waals surface area contributed by atoms with Gasteiger partial charge in [0.25, 0.3) is 0 Å². The number of carbonyl (C=O) groups is 4. The van der Waals surface area contributed by atoms with Crippen LogP contribution in [0, 0.1) is 5.92 Å². The van der Waals surface area contributed by atoms with Gasteiger partial charge in [-0.05, 0) is 39.0 Å². The maximum Gasteiger partial charge on any atom is 1.00 e. The van der Waals surface area contributed by atoms with Gasteiger partial charge in [0.2, 0.25) is 5.91 Å². The monoisotopic (exact) mass is 425 g/mol. The van der Waals surface area contributed by atoms with Crippen molar-refractivity contribution in [2.75, 3.05) is 5.75 Å². The number of rotatable bonds is 13. The minimum absolute atomic E-state index is 0. The maximum atomic E-state index is 12.3. The number of amides is 1. The summed E-state index contributed by atoms with van der Waals surface area (Å²) in [6.07, 6.45) is 4.04. The van der Waals surface area contributed by atoms with Gasteiger partial charge in [0, 0.05) is 35.7 Å². The van der Waals surface area contributed by atoms with Crippen molar-refractivity contribution in [3.8, 4) is 0 Å². The Labute approximate surface area is 191 Å². The summed E-state index contributed by atoms with van der Waals surface area (Å²) in [4.78, 5) is 46.5. The van der Waals surface area contributed by atoms with Gasteiger partial charge in [0.1, 0.15) is 5.78 Å². The zero-order valence-electron chi connectivity index (χ0n) is 16.5. The van der Waals surface area contributed by atoms with E-state index in [9.17, 15) is 24.3 Å². The SMILES string of the molecule is CC(=O)[C@H](C)CC(=O)[C@H](CCC(=O)[O-])NC(=O)CCCC[C@@H]1CCSS1.[Na+]. The standard InChI is InChI=1S/C18H29NO5S2.Na/c1-12(13(2)20)11-16(21)15(7-8-18(23)24)19-17(22)6-4-3-5-14-9-10-25-26-14;/h12,14-15H,3-11H2,1-2H3,(H,19,22)(H,23,24);/q;+1/p-1/t12-,14-,15+;/m1./s1. The number of carboxylic acid groups (broad SMARTS) is 1. The molecule has 1 N–H and O–H groups in total. The van der Waals surface area contributed by atoms with Gasteiger partial charge in [-0.1, -0.05) is 34.9 Å². The fraction of sp³-hybridized carbons (Fsp3) is 0.778. The molecule has 0 aliphatic carbocycles. The molecule has 0 aromatic rings. The summed E-state index contributed by atoms with van der Waals surface area (Å²) in [7, 11) is 3.81. The van der Waals surface area contributed by atoms with Gasteiger partial charge in [-0.15, -0.1) is 0 Å². The van der Waals surface area contributed by atoms with Gasteiger partial charge >= 0.3 is 29.6 Å². The van der Waals surface area contributed by atoms with Crippen molar-refractivity contribution in [1.29, 1.82) is 0 Å². The number of Topliss-reactive ketones (excluding diaryl/α,β-unsaturated/α-hetero) is 2. The van der Waals surface area contributed by atoms with Crippen molar-refractivity contribution < 1.29 is 53.8 Å². The molecule has 0 aromatic carbocycles. The van der Waals surface area contributed by atoms with E-state index >= 15 is 0 Å². The van der Waals surface area contributed by atoms with Crippen molar-refractivity contribution in [2.24, 2.45) is 5.92 Å². The number of ketones is 2. The molecular weight excluding hydrogens is 397 g/mol. The third-order valence-electron chi connectivity index (χ3n) is 4.47. The van der Waals surface area contributed by atoms with Crippen molar-refractivity contribution in [1.82, 2.24) is 5.32 Å². The molecule has 1 aliphatic rings. The van der Waals surface area contributed by atoms with Gasteiger partial charge in [-0.2, -0.15) is 0 Å². The van der Waals surface area contributed by atoms with Crippen LogP contribution in [0.1, 0.15) is 65.2 Å². The second-order valence-electron chi connectivity index (χ2n) is 6.79. The second-order valence-corrected chi connectivity index (χ2v) is 9.58. The molecule has 0 radical (unpaired) electrons. The molecule has 0 aromatic heterocycles. The fourth-order valence-electron chi connectivity index (χ4n) is 2.65. The molecule has 1 amide bonds. The predicted molar refractivity (Wildman–Crippen MR) is 103 cm³/mol. The summed E-state index contributed by atoms with van der Waals surface area (Å²) >= 11 is 0. The van der Waals surface area contributed by atoms with E-state index in [0.717, 1.165) is 19.3 Å². The van der Waals surface area contributed by atoms with Gasteiger partial charge in [0.15, 0.2) is 5.78 Å². The molecule has 1 saturated heterocycles. The quantitative estimate of drug-likeness (QED) is 0.227. The van der Waals surface area contributed by atoms with Gasteiger partial charge in [-0.25, -0.2) is 0 Å².